The fraction of sp³-hybridized carbons (Fsp3) is 0.0588. The molecule has 0 bridgehead atoms. The van der Waals surface area contributed by atoms with Crippen LogP contribution in [0.5, 0.6) is 0 Å². The zero-order chi connectivity index (χ0) is 15.4. The molecule has 0 aliphatic heterocycles. The van der Waals surface area contributed by atoms with Crippen LogP contribution in [0, 0.1) is 0 Å². The maximum Gasteiger partial charge on any atom is 0.134 e. The van der Waals surface area contributed by atoms with Crippen LogP contribution in [0.1, 0.15) is 5.56 Å². The summed E-state index contributed by atoms with van der Waals surface area (Å²) in [6, 6.07) is 16.9. The van der Waals surface area contributed by atoms with Crippen molar-refractivity contribution in [3.05, 3.63) is 66.5 Å². The number of benzene rings is 2. The van der Waals surface area contributed by atoms with Crippen LogP contribution in [-0.2, 0) is 6.61 Å². The quantitative estimate of drug-likeness (QED) is 0.644. The standard InChI is InChI=1S/C17H16N4O/c18-13-5-3-6-14(8-13)21-17-9-16(19-11-20-17)15-7-2-1-4-12(15)10-22/h1-9,11,22H,10,18H2,(H,19,20,21). The molecule has 22 heavy (non-hydrogen) atoms. The molecular formula is C17H16N4O. The summed E-state index contributed by atoms with van der Waals surface area (Å²) in [6.07, 6.45) is 1.50. The number of nitrogens with two attached hydrogens (primary N) is 1. The van der Waals surface area contributed by atoms with Gasteiger partial charge in [-0.15, -0.1) is 0 Å². The Hall–Kier alpha value is -2.92. The zero-order valence-corrected chi connectivity index (χ0v) is 11.9. The third-order valence-corrected chi connectivity index (χ3v) is 3.29. The highest BCUT2D eigenvalue weighted by Gasteiger charge is 2.07. The number of nitrogens with one attached hydrogen (secondary N) is 1. The second-order valence-electron chi connectivity index (χ2n) is 4.85. The number of aliphatic hydroxyl groups excluding tert-OH is 1. The molecule has 0 spiro atoms. The summed E-state index contributed by atoms with van der Waals surface area (Å²) in [5.41, 5.74) is 9.79. The third kappa shape index (κ3) is 3.05. The van der Waals surface area contributed by atoms with Crippen LogP contribution in [-0.4, -0.2) is 15.1 Å². The van der Waals surface area contributed by atoms with Gasteiger partial charge in [-0.25, -0.2) is 9.97 Å². The number of aromatic nitrogens is 2. The molecule has 0 saturated carbocycles. The molecule has 5 heteroatoms. The minimum Gasteiger partial charge on any atom is -0.399 e. The van der Waals surface area contributed by atoms with E-state index in [4.69, 9.17) is 5.73 Å². The van der Waals surface area contributed by atoms with Crippen LogP contribution in [0.2, 0.25) is 0 Å². The van der Waals surface area contributed by atoms with Gasteiger partial charge in [-0.1, -0.05) is 30.3 Å². The molecule has 0 amide bonds. The molecule has 2 aromatic carbocycles. The van der Waals surface area contributed by atoms with E-state index in [0.29, 0.717) is 11.5 Å². The second-order valence-corrected chi connectivity index (χ2v) is 4.85. The zero-order valence-electron chi connectivity index (χ0n) is 11.9. The molecule has 5 nitrogen and oxygen atoms in total. The largest absolute Gasteiger partial charge is 0.399 e. The lowest BCUT2D eigenvalue weighted by molar-refractivity contribution is 0.282. The molecule has 0 saturated heterocycles. The minimum absolute atomic E-state index is 0.0296. The van der Waals surface area contributed by atoms with Gasteiger partial charge in [-0.2, -0.15) is 0 Å². The first kappa shape index (κ1) is 14.0. The SMILES string of the molecule is Nc1cccc(Nc2cc(-c3ccccc3CO)ncn2)c1. The van der Waals surface area contributed by atoms with Crippen LogP contribution in [0.3, 0.4) is 0 Å². The van der Waals surface area contributed by atoms with Gasteiger partial charge in [0.15, 0.2) is 0 Å². The molecule has 0 atom stereocenters. The summed E-state index contributed by atoms with van der Waals surface area (Å²) in [7, 11) is 0. The van der Waals surface area contributed by atoms with Crippen LogP contribution < -0.4 is 11.1 Å². The summed E-state index contributed by atoms with van der Waals surface area (Å²) in [5.74, 6) is 0.670. The van der Waals surface area contributed by atoms with Gasteiger partial charge in [-0.05, 0) is 23.8 Å². The number of nitrogen functional groups attached to an aromatic ring is 1. The summed E-state index contributed by atoms with van der Waals surface area (Å²) in [4.78, 5) is 8.51. The molecule has 0 aliphatic carbocycles. The maximum atomic E-state index is 9.44. The predicted molar refractivity (Wildman–Crippen MR) is 87.5 cm³/mol. The van der Waals surface area contributed by atoms with Crippen molar-refractivity contribution in [3.8, 4) is 11.3 Å². The fourth-order valence-electron chi connectivity index (χ4n) is 2.25. The molecule has 0 fully saturated rings. The number of aliphatic hydroxyl groups is 1. The van der Waals surface area contributed by atoms with E-state index in [1.165, 1.54) is 6.33 Å². The van der Waals surface area contributed by atoms with Gasteiger partial charge < -0.3 is 16.2 Å². The van der Waals surface area contributed by atoms with Crippen molar-refractivity contribution < 1.29 is 5.11 Å². The molecule has 0 radical (unpaired) electrons. The Morgan fingerprint density at radius 1 is 1.00 bits per heavy atom. The van der Waals surface area contributed by atoms with E-state index in [9.17, 15) is 5.11 Å². The summed E-state index contributed by atoms with van der Waals surface area (Å²) < 4.78 is 0. The highest BCUT2D eigenvalue weighted by molar-refractivity contribution is 5.68. The summed E-state index contributed by atoms with van der Waals surface area (Å²) >= 11 is 0. The molecule has 1 heterocycles. The fourth-order valence-corrected chi connectivity index (χ4v) is 2.25. The smallest absolute Gasteiger partial charge is 0.134 e. The topological polar surface area (TPSA) is 84.1 Å². The van der Waals surface area contributed by atoms with E-state index in [-0.39, 0.29) is 6.61 Å². The van der Waals surface area contributed by atoms with Gasteiger partial charge >= 0.3 is 0 Å². The van der Waals surface area contributed by atoms with E-state index in [2.05, 4.69) is 15.3 Å². The predicted octanol–water partition coefficient (Wildman–Crippen LogP) is 2.96. The maximum absolute atomic E-state index is 9.44. The van der Waals surface area contributed by atoms with Crippen molar-refractivity contribution in [1.29, 1.82) is 0 Å². The van der Waals surface area contributed by atoms with Gasteiger partial charge in [0, 0.05) is 23.0 Å². The van der Waals surface area contributed by atoms with Gasteiger partial charge in [0.1, 0.15) is 12.1 Å². The molecule has 1 aromatic heterocycles. The van der Waals surface area contributed by atoms with Crippen LogP contribution in [0.15, 0.2) is 60.9 Å². The highest BCUT2D eigenvalue weighted by atomic mass is 16.3. The van der Waals surface area contributed by atoms with Gasteiger partial charge in [-0.3, -0.25) is 0 Å². The first-order valence-electron chi connectivity index (χ1n) is 6.90. The van der Waals surface area contributed by atoms with Crippen molar-refractivity contribution in [2.45, 2.75) is 6.61 Å². The molecule has 3 rings (SSSR count). The second kappa shape index (κ2) is 6.24. The van der Waals surface area contributed by atoms with E-state index in [0.717, 1.165) is 22.5 Å². The lowest BCUT2D eigenvalue weighted by Gasteiger charge is -2.09. The molecule has 4 N–H and O–H groups in total. The van der Waals surface area contributed by atoms with Crippen LogP contribution in [0.4, 0.5) is 17.2 Å². The molecule has 110 valence electrons. The number of hydrogen-bond acceptors (Lipinski definition) is 5. The highest BCUT2D eigenvalue weighted by Crippen LogP contribution is 2.24. The lowest BCUT2D eigenvalue weighted by atomic mass is 10.0. The average Bonchev–Trinajstić information content (AvgIpc) is 2.55. The number of rotatable bonds is 4. The number of hydrogen-bond donors (Lipinski definition) is 3. The Balaban J connectivity index is 1.93. The Morgan fingerprint density at radius 2 is 1.86 bits per heavy atom. The van der Waals surface area contributed by atoms with Gasteiger partial charge in [0.05, 0.1) is 12.3 Å². The van der Waals surface area contributed by atoms with E-state index in [1.54, 1.807) is 0 Å². The molecule has 3 aromatic rings. The Labute approximate surface area is 128 Å². The lowest BCUT2D eigenvalue weighted by Crippen LogP contribution is -1.97. The Bertz CT molecular complexity index is 789. The summed E-state index contributed by atoms with van der Waals surface area (Å²) in [5, 5.41) is 12.6. The molecule has 0 aliphatic rings. The third-order valence-electron chi connectivity index (χ3n) is 3.29. The first-order chi connectivity index (χ1) is 10.8. The van der Waals surface area contributed by atoms with Crippen molar-refractivity contribution in [2.24, 2.45) is 0 Å². The van der Waals surface area contributed by atoms with E-state index in [1.807, 2.05) is 54.6 Å². The van der Waals surface area contributed by atoms with Crippen molar-refractivity contribution in [1.82, 2.24) is 9.97 Å². The minimum atomic E-state index is -0.0296. The average molecular weight is 292 g/mol. The normalized spacial score (nSPS) is 10.4. The van der Waals surface area contributed by atoms with Crippen molar-refractivity contribution in [3.63, 3.8) is 0 Å². The van der Waals surface area contributed by atoms with Gasteiger partial charge in [0.25, 0.3) is 0 Å². The van der Waals surface area contributed by atoms with E-state index >= 15 is 0 Å². The number of nitrogens with zero attached hydrogens (tertiary/aromatic N) is 2. The van der Waals surface area contributed by atoms with Crippen LogP contribution >= 0.6 is 0 Å². The summed E-state index contributed by atoms with van der Waals surface area (Å²) in [6.45, 7) is -0.0296. The van der Waals surface area contributed by atoms with Gasteiger partial charge in [0.2, 0.25) is 0 Å². The van der Waals surface area contributed by atoms with Crippen molar-refractivity contribution >= 4 is 17.2 Å². The van der Waals surface area contributed by atoms with Crippen molar-refractivity contribution in [2.75, 3.05) is 11.1 Å². The molecular weight excluding hydrogens is 276 g/mol. The monoisotopic (exact) mass is 292 g/mol. The van der Waals surface area contributed by atoms with Crippen LogP contribution in [0.25, 0.3) is 11.3 Å². The Morgan fingerprint density at radius 3 is 2.68 bits per heavy atom. The number of anilines is 3. The first-order valence-corrected chi connectivity index (χ1v) is 6.90. The Kier molecular flexibility index (Phi) is 3.98. The molecule has 0 unspecified atom stereocenters. The van der Waals surface area contributed by atoms with E-state index < -0.39 is 0 Å².